The maximum Gasteiger partial charge on any atom is 0.0821 e. The molecule has 0 saturated carbocycles. The number of rotatable bonds is 1. The molecule has 0 amide bonds. The zero-order chi connectivity index (χ0) is 7.73. The molecule has 1 unspecified atom stereocenters. The van der Waals surface area contributed by atoms with Crippen molar-refractivity contribution in [3.05, 3.63) is 0 Å². The molecule has 0 aliphatic carbocycles. The third-order valence-electron chi connectivity index (χ3n) is 3.03. The Morgan fingerprint density at radius 1 is 1.45 bits per heavy atom. The maximum absolute atomic E-state index is 5.79. The summed E-state index contributed by atoms with van der Waals surface area (Å²) in [5.74, 6) is 0. The molecule has 0 bridgehead atoms. The highest BCUT2D eigenvalue weighted by Gasteiger charge is 2.40. The van der Waals surface area contributed by atoms with Gasteiger partial charge in [0.05, 0.1) is 5.60 Å². The van der Waals surface area contributed by atoms with Gasteiger partial charge in [-0.1, -0.05) is 6.92 Å². The van der Waals surface area contributed by atoms with Crippen LogP contribution in [0.1, 0.15) is 26.2 Å². The van der Waals surface area contributed by atoms with E-state index in [1.807, 2.05) is 0 Å². The standard InChI is InChI=1S/C9H17NO/c1-2-10-6-5-9(8-10)4-3-7-11-9/h2-8H2,1H3. The van der Waals surface area contributed by atoms with Gasteiger partial charge in [-0.05, 0) is 25.8 Å². The summed E-state index contributed by atoms with van der Waals surface area (Å²) in [6.07, 6.45) is 3.84. The fourth-order valence-electron chi connectivity index (χ4n) is 2.27. The molecule has 2 saturated heterocycles. The first-order valence-electron chi connectivity index (χ1n) is 4.71. The van der Waals surface area contributed by atoms with Gasteiger partial charge in [-0.2, -0.15) is 0 Å². The summed E-state index contributed by atoms with van der Waals surface area (Å²) >= 11 is 0. The molecular weight excluding hydrogens is 138 g/mol. The third kappa shape index (κ3) is 1.30. The lowest BCUT2D eigenvalue weighted by molar-refractivity contribution is 0.0132. The molecule has 0 aromatic rings. The molecule has 1 spiro atoms. The molecule has 2 heteroatoms. The predicted octanol–water partition coefficient (Wildman–Crippen LogP) is 1.26. The van der Waals surface area contributed by atoms with E-state index in [-0.39, 0.29) is 5.60 Å². The number of likely N-dealkylation sites (tertiary alicyclic amines) is 1. The van der Waals surface area contributed by atoms with Crippen LogP contribution in [-0.4, -0.2) is 36.7 Å². The number of likely N-dealkylation sites (N-methyl/N-ethyl adjacent to an activating group) is 1. The first kappa shape index (κ1) is 7.56. The minimum atomic E-state index is 0.288. The Morgan fingerprint density at radius 2 is 2.36 bits per heavy atom. The average Bonchev–Trinajstić information content (AvgIpc) is 2.62. The monoisotopic (exact) mass is 155 g/mol. The number of hydrogen-bond acceptors (Lipinski definition) is 2. The molecule has 2 aliphatic heterocycles. The molecule has 64 valence electrons. The molecule has 2 nitrogen and oxygen atoms in total. The van der Waals surface area contributed by atoms with Crippen LogP contribution in [0.5, 0.6) is 0 Å². The van der Waals surface area contributed by atoms with E-state index in [1.54, 1.807) is 0 Å². The largest absolute Gasteiger partial charge is 0.374 e. The van der Waals surface area contributed by atoms with E-state index >= 15 is 0 Å². The van der Waals surface area contributed by atoms with Crippen molar-refractivity contribution in [3.63, 3.8) is 0 Å². The van der Waals surface area contributed by atoms with Crippen LogP contribution in [0.25, 0.3) is 0 Å². The second kappa shape index (κ2) is 2.76. The quantitative estimate of drug-likeness (QED) is 0.565. The van der Waals surface area contributed by atoms with Crippen LogP contribution in [0.3, 0.4) is 0 Å². The lowest BCUT2D eigenvalue weighted by atomic mass is 10.00. The van der Waals surface area contributed by atoms with Crippen LogP contribution in [-0.2, 0) is 4.74 Å². The molecule has 2 aliphatic rings. The van der Waals surface area contributed by atoms with Crippen LogP contribution in [0.2, 0.25) is 0 Å². The SMILES string of the molecule is CCN1CCC2(CCCO2)C1. The Labute approximate surface area is 68.5 Å². The number of hydrogen-bond donors (Lipinski definition) is 0. The van der Waals surface area contributed by atoms with Gasteiger partial charge >= 0.3 is 0 Å². The second-order valence-corrected chi connectivity index (χ2v) is 3.75. The van der Waals surface area contributed by atoms with Gasteiger partial charge in [0.15, 0.2) is 0 Å². The summed E-state index contributed by atoms with van der Waals surface area (Å²) in [5, 5.41) is 0. The predicted molar refractivity (Wildman–Crippen MR) is 44.6 cm³/mol. The Morgan fingerprint density at radius 3 is 2.91 bits per heavy atom. The number of ether oxygens (including phenoxy) is 1. The topological polar surface area (TPSA) is 12.5 Å². The van der Waals surface area contributed by atoms with Gasteiger partial charge in [0.1, 0.15) is 0 Å². The van der Waals surface area contributed by atoms with Gasteiger partial charge in [-0.15, -0.1) is 0 Å². The smallest absolute Gasteiger partial charge is 0.0821 e. The van der Waals surface area contributed by atoms with E-state index in [4.69, 9.17) is 4.74 Å². The van der Waals surface area contributed by atoms with Crippen LogP contribution in [0, 0.1) is 0 Å². The van der Waals surface area contributed by atoms with Gasteiger partial charge in [0.25, 0.3) is 0 Å². The van der Waals surface area contributed by atoms with Gasteiger partial charge < -0.3 is 9.64 Å². The highest BCUT2D eigenvalue weighted by atomic mass is 16.5. The average molecular weight is 155 g/mol. The van der Waals surface area contributed by atoms with Gasteiger partial charge in [0, 0.05) is 19.7 Å². The third-order valence-corrected chi connectivity index (χ3v) is 3.03. The van der Waals surface area contributed by atoms with Crippen LogP contribution < -0.4 is 0 Å². The Bertz CT molecular complexity index is 140. The Kier molecular flexibility index (Phi) is 1.90. The summed E-state index contributed by atoms with van der Waals surface area (Å²) in [6, 6.07) is 0. The Hall–Kier alpha value is -0.0800. The van der Waals surface area contributed by atoms with E-state index in [0.717, 1.165) is 6.61 Å². The maximum atomic E-state index is 5.79. The second-order valence-electron chi connectivity index (χ2n) is 3.75. The summed E-state index contributed by atoms with van der Waals surface area (Å²) < 4.78 is 5.79. The van der Waals surface area contributed by atoms with Crippen molar-refractivity contribution in [2.24, 2.45) is 0 Å². The highest BCUT2D eigenvalue weighted by Crippen LogP contribution is 2.34. The molecule has 1 atom stereocenters. The van der Waals surface area contributed by atoms with E-state index in [2.05, 4.69) is 11.8 Å². The minimum Gasteiger partial charge on any atom is -0.374 e. The lowest BCUT2D eigenvalue weighted by Crippen LogP contribution is -2.32. The molecule has 2 rings (SSSR count). The van der Waals surface area contributed by atoms with Gasteiger partial charge in [-0.3, -0.25) is 0 Å². The first-order valence-corrected chi connectivity index (χ1v) is 4.71. The fourth-order valence-corrected chi connectivity index (χ4v) is 2.27. The summed E-state index contributed by atoms with van der Waals surface area (Å²) in [5.41, 5.74) is 0.288. The van der Waals surface area contributed by atoms with Crippen molar-refractivity contribution in [2.75, 3.05) is 26.2 Å². The van der Waals surface area contributed by atoms with Crippen molar-refractivity contribution >= 4 is 0 Å². The molecule has 0 aromatic carbocycles. The van der Waals surface area contributed by atoms with E-state index in [1.165, 1.54) is 38.9 Å². The molecule has 11 heavy (non-hydrogen) atoms. The molecule has 0 N–H and O–H groups in total. The highest BCUT2D eigenvalue weighted by molar-refractivity contribution is 4.93. The molecular formula is C9H17NO. The summed E-state index contributed by atoms with van der Waals surface area (Å²) in [4.78, 5) is 2.49. The molecule has 2 heterocycles. The van der Waals surface area contributed by atoms with Crippen molar-refractivity contribution in [3.8, 4) is 0 Å². The van der Waals surface area contributed by atoms with E-state index in [9.17, 15) is 0 Å². The molecule has 0 radical (unpaired) electrons. The van der Waals surface area contributed by atoms with Crippen LogP contribution in [0.15, 0.2) is 0 Å². The lowest BCUT2D eigenvalue weighted by Gasteiger charge is -2.22. The summed E-state index contributed by atoms with van der Waals surface area (Å²) in [6.45, 7) is 6.84. The Balaban J connectivity index is 1.96. The van der Waals surface area contributed by atoms with Crippen molar-refractivity contribution < 1.29 is 4.74 Å². The zero-order valence-electron chi connectivity index (χ0n) is 7.31. The molecule has 2 fully saturated rings. The van der Waals surface area contributed by atoms with Crippen LogP contribution in [0.4, 0.5) is 0 Å². The normalized spacial score (nSPS) is 39.0. The fraction of sp³-hybridized carbons (Fsp3) is 1.00. The van der Waals surface area contributed by atoms with Crippen LogP contribution >= 0.6 is 0 Å². The summed E-state index contributed by atoms with van der Waals surface area (Å²) in [7, 11) is 0. The van der Waals surface area contributed by atoms with Crippen molar-refractivity contribution in [1.29, 1.82) is 0 Å². The van der Waals surface area contributed by atoms with Crippen molar-refractivity contribution in [1.82, 2.24) is 4.90 Å². The van der Waals surface area contributed by atoms with Crippen molar-refractivity contribution in [2.45, 2.75) is 31.8 Å². The zero-order valence-corrected chi connectivity index (χ0v) is 7.31. The number of nitrogens with zero attached hydrogens (tertiary/aromatic N) is 1. The first-order chi connectivity index (χ1) is 5.35. The van der Waals surface area contributed by atoms with E-state index < -0.39 is 0 Å². The minimum absolute atomic E-state index is 0.288. The van der Waals surface area contributed by atoms with Gasteiger partial charge in [-0.25, -0.2) is 0 Å². The van der Waals surface area contributed by atoms with Gasteiger partial charge in [0.2, 0.25) is 0 Å². The molecule has 0 aromatic heterocycles. The van der Waals surface area contributed by atoms with E-state index in [0.29, 0.717) is 0 Å².